The Morgan fingerprint density at radius 1 is 1.21 bits per heavy atom. The minimum atomic E-state index is 0.276. The SMILES string of the molecule is Nc1cc(/N=C/c2ccccn2)c(N)nc1/N=C/I. The number of rotatable bonds is 3. The summed E-state index contributed by atoms with van der Waals surface area (Å²) in [5, 5.41) is 0. The molecule has 0 amide bonds. The van der Waals surface area contributed by atoms with Gasteiger partial charge in [-0.3, -0.25) is 9.98 Å². The Balaban J connectivity index is 2.31. The summed E-state index contributed by atoms with van der Waals surface area (Å²) >= 11 is 1.99. The molecule has 0 aromatic carbocycles. The number of halogens is 1. The van der Waals surface area contributed by atoms with Crippen LogP contribution in [0.3, 0.4) is 0 Å². The van der Waals surface area contributed by atoms with E-state index >= 15 is 0 Å². The molecule has 0 saturated carbocycles. The van der Waals surface area contributed by atoms with Crippen molar-refractivity contribution >= 4 is 56.0 Å². The number of nitrogens with zero attached hydrogens (tertiary/aromatic N) is 4. The van der Waals surface area contributed by atoms with E-state index in [-0.39, 0.29) is 5.82 Å². The zero-order chi connectivity index (χ0) is 13.7. The molecule has 0 atom stereocenters. The van der Waals surface area contributed by atoms with E-state index in [4.69, 9.17) is 11.5 Å². The van der Waals surface area contributed by atoms with Crippen LogP contribution in [0.4, 0.5) is 23.0 Å². The Kier molecular flexibility index (Phi) is 4.39. The average Bonchev–Trinajstić information content (AvgIpc) is 2.42. The fraction of sp³-hybridized carbons (Fsp3) is 0. The van der Waals surface area contributed by atoms with Crippen LogP contribution in [0.15, 0.2) is 40.4 Å². The van der Waals surface area contributed by atoms with Crippen LogP contribution in [-0.2, 0) is 0 Å². The minimum Gasteiger partial charge on any atom is -0.396 e. The minimum absolute atomic E-state index is 0.276. The number of nitrogen functional groups attached to an aromatic ring is 2. The van der Waals surface area contributed by atoms with Gasteiger partial charge in [-0.2, -0.15) is 0 Å². The number of aromatic nitrogens is 2. The lowest BCUT2D eigenvalue weighted by atomic mass is 10.3. The summed E-state index contributed by atoms with van der Waals surface area (Å²) in [6.45, 7) is 0. The number of hydrogen-bond donors (Lipinski definition) is 2. The second kappa shape index (κ2) is 6.23. The topological polar surface area (TPSA) is 103 Å². The largest absolute Gasteiger partial charge is 0.396 e. The summed E-state index contributed by atoms with van der Waals surface area (Å²) in [6.07, 6.45) is 3.30. The third-order valence-corrected chi connectivity index (χ3v) is 2.51. The molecule has 0 aliphatic carbocycles. The Labute approximate surface area is 123 Å². The molecule has 2 aromatic rings. The summed E-state index contributed by atoms with van der Waals surface area (Å²) < 4.78 is 1.58. The second-order valence-corrected chi connectivity index (χ2v) is 4.10. The molecule has 0 radical (unpaired) electrons. The molecule has 7 heteroatoms. The van der Waals surface area contributed by atoms with Crippen LogP contribution in [0.25, 0.3) is 0 Å². The van der Waals surface area contributed by atoms with Crippen LogP contribution < -0.4 is 11.5 Å². The first-order valence-corrected chi connectivity index (χ1v) is 6.59. The third-order valence-electron chi connectivity index (χ3n) is 2.23. The fourth-order valence-corrected chi connectivity index (χ4v) is 1.63. The second-order valence-electron chi connectivity index (χ2n) is 3.55. The smallest absolute Gasteiger partial charge is 0.178 e. The fourth-order valence-electron chi connectivity index (χ4n) is 1.36. The van der Waals surface area contributed by atoms with Gasteiger partial charge in [0.25, 0.3) is 0 Å². The van der Waals surface area contributed by atoms with Crippen molar-refractivity contribution in [3.8, 4) is 0 Å². The molecule has 6 nitrogen and oxygen atoms in total. The van der Waals surface area contributed by atoms with Crippen molar-refractivity contribution in [2.24, 2.45) is 9.98 Å². The van der Waals surface area contributed by atoms with Crippen molar-refractivity contribution in [1.82, 2.24) is 9.97 Å². The molecule has 2 aromatic heterocycles. The van der Waals surface area contributed by atoms with E-state index in [0.717, 1.165) is 5.69 Å². The molecule has 4 N–H and O–H groups in total. The highest BCUT2D eigenvalue weighted by Gasteiger charge is 2.05. The highest BCUT2D eigenvalue weighted by atomic mass is 127. The molecule has 0 bridgehead atoms. The predicted octanol–water partition coefficient (Wildman–Crippen LogP) is 2.49. The van der Waals surface area contributed by atoms with Crippen LogP contribution in [0.2, 0.25) is 0 Å². The standard InChI is InChI=1S/C12H11IN6/c13-7-18-12-9(14)5-10(11(15)19-12)17-6-8-3-1-2-4-16-8/h1-7H,14H2,(H2,15,19)/b17-6+,18-7+. The molecular formula is C12H11IN6. The Hall–Kier alpha value is -2.03. The zero-order valence-electron chi connectivity index (χ0n) is 9.86. The number of nitrogens with two attached hydrogens (primary N) is 2. The van der Waals surface area contributed by atoms with Gasteiger partial charge in [-0.15, -0.1) is 0 Å². The van der Waals surface area contributed by atoms with Crippen LogP contribution in [0.1, 0.15) is 5.69 Å². The van der Waals surface area contributed by atoms with Crippen LogP contribution in [0, 0.1) is 0 Å². The molecular weight excluding hydrogens is 355 g/mol. The Morgan fingerprint density at radius 3 is 2.74 bits per heavy atom. The van der Waals surface area contributed by atoms with E-state index in [1.54, 1.807) is 22.7 Å². The quantitative estimate of drug-likeness (QED) is 0.644. The van der Waals surface area contributed by atoms with Gasteiger partial charge in [0.15, 0.2) is 11.6 Å². The predicted molar refractivity (Wildman–Crippen MR) is 86.7 cm³/mol. The van der Waals surface area contributed by atoms with E-state index < -0.39 is 0 Å². The summed E-state index contributed by atoms with van der Waals surface area (Å²) in [7, 11) is 0. The maximum atomic E-state index is 5.82. The van der Waals surface area contributed by atoms with Crippen LogP contribution in [0.5, 0.6) is 0 Å². The molecule has 0 aliphatic heterocycles. The van der Waals surface area contributed by atoms with E-state index in [1.165, 1.54) is 0 Å². The van der Waals surface area contributed by atoms with Gasteiger partial charge in [-0.05, 0) is 40.8 Å². The number of pyridine rings is 2. The summed E-state index contributed by atoms with van der Waals surface area (Å²) in [6, 6.07) is 7.19. The van der Waals surface area contributed by atoms with Gasteiger partial charge in [-0.1, -0.05) is 6.07 Å². The molecule has 19 heavy (non-hydrogen) atoms. The summed E-state index contributed by atoms with van der Waals surface area (Å²) in [5.41, 5.74) is 13.3. The molecule has 2 heterocycles. The van der Waals surface area contributed by atoms with Crippen LogP contribution in [-0.4, -0.2) is 20.4 Å². The van der Waals surface area contributed by atoms with Gasteiger partial charge < -0.3 is 11.5 Å². The first kappa shape index (κ1) is 13.4. The molecule has 0 fully saturated rings. The molecule has 0 unspecified atom stereocenters. The highest BCUT2D eigenvalue weighted by molar-refractivity contribution is 14.1. The number of anilines is 2. The van der Waals surface area contributed by atoms with Gasteiger partial charge in [0.1, 0.15) is 5.69 Å². The molecule has 2 rings (SSSR count). The highest BCUT2D eigenvalue weighted by Crippen LogP contribution is 2.29. The Morgan fingerprint density at radius 2 is 2.05 bits per heavy atom. The lowest BCUT2D eigenvalue weighted by Crippen LogP contribution is -1.95. The van der Waals surface area contributed by atoms with Crippen molar-refractivity contribution in [1.29, 1.82) is 0 Å². The van der Waals surface area contributed by atoms with Crippen molar-refractivity contribution < 1.29 is 0 Å². The third kappa shape index (κ3) is 3.47. The molecule has 0 saturated heterocycles. The summed E-state index contributed by atoms with van der Waals surface area (Å²) in [5.74, 6) is 0.669. The van der Waals surface area contributed by atoms with E-state index in [0.29, 0.717) is 17.2 Å². The Bertz CT molecular complexity index is 624. The van der Waals surface area contributed by atoms with Gasteiger partial charge in [0, 0.05) is 6.20 Å². The van der Waals surface area contributed by atoms with Crippen molar-refractivity contribution in [2.45, 2.75) is 0 Å². The van der Waals surface area contributed by atoms with Crippen molar-refractivity contribution in [2.75, 3.05) is 11.5 Å². The maximum absolute atomic E-state index is 5.82. The van der Waals surface area contributed by atoms with Crippen molar-refractivity contribution in [3.63, 3.8) is 0 Å². The maximum Gasteiger partial charge on any atom is 0.178 e. The van der Waals surface area contributed by atoms with Crippen LogP contribution >= 0.6 is 22.6 Å². The van der Waals surface area contributed by atoms with E-state index in [2.05, 4.69) is 20.0 Å². The molecule has 0 spiro atoms. The lowest BCUT2D eigenvalue weighted by Gasteiger charge is -2.03. The van der Waals surface area contributed by atoms with Gasteiger partial charge >= 0.3 is 0 Å². The first-order valence-electron chi connectivity index (χ1n) is 5.34. The lowest BCUT2D eigenvalue weighted by molar-refractivity contribution is 1.27. The summed E-state index contributed by atoms with van der Waals surface area (Å²) in [4.78, 5) is 16.5. The zero-order valence-corrected chi connectivity index (χ0v) is 12.0. The van der Waals surface area contributed by atoms with E-state index in [9.17, 15) is 0 Å². The number of hydrogen-bond acceptors (Lipinski definition) is 6. The van der Waals surface area contributed by atoms with Gasteiger partial charge in [0.2, 0.25) is 0 Å². The normalized spacial score (nSPS) is 11.4. The van der Waals surface area contributed by atoms with Gasteiger partial charge in [-0.25, -0.2) is 9.98 Å². The first-order chi connectivity index (χ1) is 9.20. The molecule has 0 aliphatic rings. The number of aliphatic imine (C=N–C) groups is 2. The molecule has 96 valence electrons. The van der Waals surface area contributed by atoms with Crippen molar-refractivity contribution in [3.05, 3.63) is 36.2 Å². The average molecular weight is 366 g/mol. The monoisotopic (exact) mass is 366 g/mol. The van der Waals surface area contributed by atoms with Gasteiger partial charge in [0.05, 0.1) is 21.8 Å². The van der Waals surface area contributed by atoms with E-state index in [1.807, 2.05) is 40.8 Å².